The number of methoxy groups -OCH3 is 1. The van der Waals surface area contributed by atoms with Gasteiger partial charge in [-0.3, -0.25) is 28.9 Å². The number of allylic oxidation sites excluding steroid dienone is 2. The number of rotatable bonds is 5. The highest BCUT2D eigenvalue weighted by Gasteiger charge is 2.77. The fourth-order valence-electron chi connectivity index (χ4n) is 7.96. The smallest absolute Gasteiger partial charge is 0.258 e. The predicted molar refractivity (Wildman–Crippen MR) is 175 cm³/mol. The lowest BCUT2D eigenvalue weighted by molar-refractivity contribution is -0.125. The Labute approximate surface area is 305 Å². The van der Waals surface area contributed by atoms with Gasteiger partial charge < -0.3 is 9.84 Å². The molecule has 3 fully saturated rings. The zero-order valence-electron chi connectivity index (χ0n) is 26.6. The molecule has 3 aromatic rings. The summed E-state index contributed by atoms with van der Waals surface area (Å²) in [4.78, 5) is 63.7. The highest BCUT2D eigenvalue weighted by Crippen LogP contribution is 2.66. The summed E-state index contributed by atoms with van der Waals surface area (Å²) in [6.45, 7) is 1.33. The Balaban J connectivity index is 1.43. The maximum atomic E-state index is 15.3. The first kappa shape index (κ1) is 35.9. The van der Waals surface area contributed by atoms with Gasteiger partial charge >= 0.3 is 0 Å². The minimum Gasteiger partial charge on any atom is -0.503 e. The van der Waals surface area contributed by atoms with Crippen LogP contribution >= 0.6 is 34.8 Å². The zero-order valence-corrected chi connectivity index (χ0v) is 28.8. The number of halogens is 8. The van der Waals surface area contributed by atoms with Gasteiger partial charge in [-0.05, 0) is 67.6 Å². The van der Waals surface area contributed by atoms with Gasteiger partial charge in [-0.2, -0.15) is 0 Å². The number of phenols is 1. The van der Waals surface area contributed by atoms with Crippen LogP contribution in [0.5, 0.6) is 11.5 Å². The van der Waals surface area contributed by atoms with Crippen molar-refractivity contribution in [2.24, 2.45) is 17.8 Å². The normalized spacial score (nSPS) is 28.2. The number of fused-ring (bicyclic) bond motifs is 4. The van der Waals surface area contributed by atoms with Crippen LogP contribution in [0.25, 0.3) is 0 Å². The Bertz CT molecular complexity index is 2190. The van der Waals surface area contributed by atoms with Crippen molar-refractivity contribution in [3.8, 4) is 11.5 Å². The summed E-state index contributed by atoms with van der Waals surface area (Å²) in [6.07, 6.45) is 0.697. The van der Waals surface area contributed by atoms with Gasteiger partial charge in [-0.25, -0.2) is 26.9 Å². The lowest BCUT2D eigenvalue weighted by Gasteiger charge is -2.50. The molecule has 52 heavy (non-hydrogen) atoms. The molecule has 6 atom stereocenters. The number of hydrogen-bond donors (Lipinski definition) is 1. The number of carbonyl (C=O) groups excluding carboxylic acids is 5. The van der Waals surface area contributed by atoms with E-state index in [2.05, 4.69) is 0 Å². The third-order valence-corrected chi connectivity index (χ3v) is 12.1. The minimum absolute atomic E-state index is 0.0528. The van der Waals surface area contributed by atoms with E-state index in [1.165, 1.54) is 50.4 Å². The van der Waals surface area contributed by atoms with Gasteiger partial charge in [0, 0.05) is 11.5 Å². The van der Waals surface area contributed by atoms with E-state index in [1.807, 2.05) is 0 Å². The number of anilines is 2. The van der Waals surface area contributed by atoms with E-state index in [0.29, 0.717) is 5.56 Å². The lowest BCUT2D eigenvalue weighted by atomic mass is 9.56. The first-order valence-electron chi connectivity index (χ1n) is 15.5. The fourth-order valence-corrected chi connectivity index (χ4v) is 9.11. The highest BCUT2D eigenvalue weighted by atomic mass is 35.5. The topological polar surface area (TPSA) is 121 Å². The van der Waals surface area contributed by atoms with E-state index in [9.17, 15) is 42.3 Å². The van der Waals surface area contributed by atoms with Crippen LogP contribution in [-0.4, -0.2) is 51.4 Å². The van der Waals surface area contributed by atoms with Gasteiger partial charge in [0.05, 0.1) is 29.7 Å². The highest BCUT2D eigenvalue weighted by molar-refractivity contribution is 6.58. The van der Waals surface area contributed by atoms with E-state index in [4.69, 9.17) is 39.5 Å². The van der Waals surface area contributed by atoms with Crippen molar-refractivity contribution in [3.05, 3.63) is 93.3 Å². The number of ketones is 1. The third-order valence-electron chi connectivity index (χ3n) is 10.4. The Morgan fingerprint density at radius 1 is 0.865 bits per heavy atom. The molecule has 17 heteroatoms. The van der Waals surface area contributed by atoms with E-state index in [-0.39, 0.29) is 44.7 Å². The summed E-state index contributed by atoms with van der Waals surface area (Å²) in [5, 5.41) is 10.2. The molecule has 1 saturated carbocycles. The molecule has 270 valence electrons. The summed E-state index contributed by atoms with van der Waals surface area (Å²) >= 11 is 20.6. The van der Waals surface area contributed by atoms with Crippen molar-refractivity contribution in [2.75, 3.05) is 16.9 Å². The minimum atomic E-state index is -2.79. The fraction of sp³-hybridized carbons (Fsp3) is 0.286. The van der Waals surface area contributed by atoms with Crippen molar-refractivity contribution in [3.63, 3.8) is 0 Å². The second-order valence-electron chi connectivity index (χ2n) is 12.9. The van der Waals surface area contributed by atoms with E-state index < -0.39 is 104 Å². The van der Waals surface area contributed by atoms with E-state index >= 15 is 8.78 Å². The van der Waals surface area contributed by atoms with Crippen LogP contribution < -0.4 is 14.5 Å². The molecule has 2 aliphatic heterocycles. The molecule has 2 saturated heterocycles. The third kappa shape index (κ3) is 4.56. The van der Waals surface area contributed by atoms with E-state index in [0.717, 1.165) is 11.0 Å². The number of ether oxygens (including phenoxy) is 1. The number of aromatic hydroxyl groups is 1. The van der Waals surface area contributed by atoms with Crippen molar-refractivity contribution >= 4 is 75.6 Å². The van der Waals surface area contributed by atoms with Crippen molar-refractivity contribution in [2.45, 2.75) is 35.4 Å². The molecule has 2 heterocycles. The largest absolute Gasteiger partial charge is 0.503 e. The first-order valence-corrected chi connectivity index (χ1v) is 16.6. The molecule has 3 aromatic carbocycles. The number of nitrogens with zero attached hydrogens (tertiary/aromatic N) is 2. The lowest BCUT2D eigenvalue weighted by Crippen LogP contribution is -2.60. The van der Waals surface area contributed by atoms with Gasteiger partial charge in [0.2, 0.25) is 17.6 Å². The summed E-state index contributed by atoms with van der Waals surface area (Å²) in [6, 6.07) is 7.99. The summed E-state index contributed by atoms with van der Waals surface area (Å²) in [5.41, 5.74) is -1.35. The number of amides is 4. The van der Waals surface area contributed by atoms with Gasteiger partial charge in [0.15, 0.2) is 50.3 Å². The SMILES string of the molecule is COc1cc([C@H]2C3=CC[C@@H]4C(=O)N(c5ccc(C(C)=O)cc5)C(=O)[C@@H]4[C@@H]3C[C@@]3(Cl)C(=O)N(c4c(F)c(F)c(F)c(F)c4F)C(=O)[C@@]23Cl)cc(Cl)c1O. The monoisotopic (exact) mass is 782 g/mol. The van der Waals surface area contributed by atoms with Crippen LogP contribution in [-0.2, 0) is 19.2 Å². The maximum absolute atomic E-state index is 15.3. The number of hydrogen-bond acceptors (Lipinski definition) is 7. The quantitative estimate of drug-likeness (QED) is 0.0581. The Hall–Kier alpha value is -4.53. The Kier molecular flexibility index (Phi) is 8.28. The van der Waals surface area contributed by atoms with Crippen LogP contribution in [0.3, 0.4) is 0 Å². The average Bonchev–Trinajstić information content (AvgIpc) is 3.45. The Morgan fingerprint density at radius 2 is 1.46 bits per heavy atom. The average molecular weight is 784 g/mol. The van der Waals surface area contributed by atoms with Crippen LogP contribution in [0, 0.1) is 46.8 Å². The molecule has 9 nitrogen and oxygen atoms in total. The second kappa shape index (κ2) is 12.0. The molecule has 4 aliphatic rings. The molecule has 0 unspecified atom stereocenters. The van der Waals surface area contributed by atoms with Crippen LogP contribution in [0.2, 0.25) is 5.02 Å². The summed E-state index contributed by atoms with van der Waals surface area (Å²) in [7, 11) is 1.17. The first-order chi connectivity index (χ1) is 24.4. The predicted octanol–water partition coefficient (Wildman–Crippen LogP) is 6.72. The molecule has 2 aliphatic carbocycles. The number of benzene rings is 3. The number of Topliss-reactive ketones (excluding diaryl/α,β-unsaturated/α-hetero) is 1. The molecule has 1 N–H and O–H groups in total. The van der Waals surface area contributed by atoms with E-state index in [1.54, 1.807) is 0 Å². The molecular weight excluding hydrogens is 762 g/mol. The Morgan fingerprint density at radius 3 is 2.04 bits per heavy atom. The van der Waals surface area contributed by atoms with Gasteiger partial charge in [0.25, 0.3) is 11.8 Å². The number of phenolic OH excluding ortho intramolecular Hbond substituents is 1. The van der Waals surface area contributed by atoms with Crippen LogP contribution in [0.1, 0.15) is 41.6 Å². The molecule has 0 aromatic heterocycles. The molecule has 0 bridgehead atoms. The molecule has 4 amide bonds. The maximum Gasteiger partial charge on any atom is 0.258 e. The standard InChI is InChI=1S/C35H22Cl3F5N2O7/c1-12(46)13-3-5-15(6-4-13)44-30(48)17-8-7-16-18(21(17)31(44)49)11-34(37)32(50)45(28-26(42)24(40)23(39)25(41)27(28)43)33(51)35(34,38)22(16)14-9-19(36)29(47)20(10-14)52-2/h3-7,9-10,17-18,21-22,47H,8,11H2,1-2H3/t17-,18+,21-,22-,34+,35-/m0/s1. The number of carbonyl (C=O) groups is 5. The second-order valence-corrected chi connectivity index (χ2v) is 14.5. The molecule has 7 rings (SSSR count). The summed E-state index contributed by atoms with van der Waals surface area (Å²) < 4.78 is 78.7. The number of imide groups is 2. The van der Waals surface area contributed by atoms with Crippen molar-refractivity contribution < 1.29 is 55.8 Å². The van der Waals surface area contributed by atoms with Crippen molar-refractivity contribution in [1.29, 1.82) is 0 Å². The van der Waals surface area contributed by atoms with Gasteiger partial charge in [0.1, 0.15) is 5.69 Å². The van der Waals surface area contributed by atoms with Gasteiger partial charge in [-0.15, -0.1) is 23.2 Å². The summed E-state index contributed by atoms with van der Waals surface area (Å²) in [5.74, 6) is -23.3. The molecular formula is C35H22Cl3F5N2O7. The van der Waals surface area contributed by atoms with Crippen molar-refractivity contribution in [1.82, 2.24) is 0 Å². The van der Waals surface area contributed by atoms with Crippen LogP contribution in [0.4, 0.5) is 33.3 Å². The number of alkyl halides is 2. The zero-order chi connectivity index (χ0) is 37.9. The van der Waals surface area contributed by atoms with Gasteiger partial charge in [-0.1, -0.05) is 23.3 Å². The molecule has 0 spiro atoms. The van der Waals surface area contributed by atoms with Crippen LogP contribution in [0.15, 0.2) is 48.0 Å². The molecule has 0 radical (unpaired) electrons.